The first kappa shape index (κ1) is 25.0. The fraction of sp³-hybridized carbons (Fsp3) is 0.333. The minimum absolute atomic E-state index is 0.344. The van der Waals surface area contributed by atoms with Gasteiger partial charge in [-0.1, -0.05) is 54.1 Å². The molecule has 5 nitrogen and oxygen atoms in total. The molecular formula is C27H29ClO5S. The van der Waals surface area contributed by atoms with Crippen LogP contribution in [0.25, 0.3) is 0 Å². The Morgan fingerprint density at radius 2 is 1.71 bits per heavy atom. The molecule has 4 rings (SSSR count). The van der Waals surface area contributed by atoms with Gasteiger partial charge in [0.15, 0.2) is 0 Å². The third-order valence-electron chi connectivity index (χ3n) is 5.91. The number of aliphatic hydroxyl groups is 3. The van der Waals surface area contributed by atoms with Gasteiger partial charge in [-0.05, 0) is 60.4 Å². The van der Waals surface area contributed by atoms with E-state index >= 15 is 0 Å². The second kappa shape index (κ2) is 11.6. The molecular weight excluding hydrogens is 472 g/mol. The first-order valence-electron chi connectivity index (χ1n) is 11.3. The van der Waals surface area contributed by atoms with Crippen LogP contribution in [0.5, 0.6) is 5.75 Å². The van der Waals surface area contributed by atoms with E-state index in [2.05, 4.69) is 0 Å². The van der Waals surface area contributed by atoms with Crippen molar-refractivity contribution in [2.24, 2.45) is 0 Å². The molecule has 1 heterocycles. The van der Waals surface area contributed by atoms with Gasteiger partial charge in [0.05, 0.1) is 30.7 Å². The van der Waals surface area contributed by atoms with Gasteiger partial charge in [0.25, 0.3) is 0 Å². The monoisotopic (exact) mass is 500 g/mol. The molecule has 7 heteroatoms. The Morgan fingerprint density at radius 1 is 0.971 bits per heavy atom. The van der Waals surface area contributed by atoms with Gasteiger partial charge in [-0.3, -0.25) is 0 Å². The molecule has 34 heavy (non-hydrogen) atoms. The molecule has 0 aromatic heterocycles. The molecule has 0 aliphatic carbocycles. The van der Waals surface area contributed by atoms with E-state index in [1.165, 1.54) is 11.8 Å². The molecule has 1 saturated heterocycles. The summed E-state index contributed by atoms with van der Waals surface area (Å²) in [5, 5.41) is 31.9. The van der Waals surface area contributed by atoms with Crippen molar-refractivity contribution >= 4 is 23.4 Å². The van der Waals surface area contributed by atoms with Gasteiger partial charge in [-0.2, -0.15) is 0 Å². The molecule has 0 radical (unpaired) electrons. The maximum absolute atomic E-state index is 11.2. The topological polar surface area (TPSA) is 79.2 Å². The average Bonchev–Trinajstić information content (AvgIpc) is 2.85. The summed E-state index contributed by atoms with van der Waals surface area (Å²) in [6.45, 7) is 2.22. The van der Waals surface area contributed by atoms with Gasteiger partial charge < -0.3 is 24.8 Å². The second-order valence-electron chi connectivity index (χ2n) is 8.26. The summed E-state index contributed by atoms with van der Waals surface area (Å²) < 4.78 is 11.5. The van der Waals surface area contributed by atoms with Crippen molar-refractivity contribution in [2.75, 3.05) is 13.2 Å². The smallest absolute Gasteiger partial charge is 0.119 e. The van der Waals surface area contributed by atoms with Gasteiger partial charge in [-0.25, -0.2) is 0 Å². The highest BCUT2D eigenvalue weighted by atomic mass is 35.5. The number of hydrogen-bond acceptors (Lipinski definition) is 6. The van der Waals surface area contributed by atoms with Gasteiger partial charge in [0, 0.05) is 9.92 Å². The molecule has 0 bridgehead atoms. The van der Waals surface area contributed by atoms with Crippen molar-refractivity contribution in [1.82, 2.24) is 0 Å². The molecule has 0 spiro atoms. The zero-order valence-electron chi connectivity index (χ0n) is 18.9. The lowest BCUT2D eigenvalue weighted by molar-refractivity contribution is -0.177. The van der Waals surface area contributed by atoms with Crippen LogP contribution in [-0.4, -0.2) is 52.1 Å². The lowest BCUT2D eigenvalue weighted by Gasteiger charge is -2.42. The molecule has 0 amide bonds. The number of benzene rings is 3. The zero-order valence-corrected chi connectivity index (χ0v) is 20.5. The number of aliphatic hydroxyl groups excluding tert-OH is 3. The van der Waals surface area contributed by atoms with Crippen molar-refractivity contribution in [1.29, 1.82) is 0 Å². The number of hydrogen-bond donors (Lipinski definition) is 3. The highest BCUT2D eigenvalue weighted by Gasteiger charge is 2.45. The summed E-state index contributed by atoms with van der Waals surface area (Å²) in [6.07, 6.45) is -2.91. The maximum atomic E-state index is 11.2. The molecule has 0 saturated carbocycles. The van der Waals surface area contributed by atoms with Crippen molar-refractivity contribution in [3.05, 3.63) is 94.5 Å². The predicted molar refractivity (Wildman–Crippen MR) is 135 cm³/mol. The van der Waals surface area contributed by atoms with Crippen molar-refractivity contribution in [3.63, 3.8) is 0 Å². The van der Waals surface area contributed by atoms with Crippen LogP contribution in [0.1, 0.15) is 29.7 Å². The Bertz CT molecular complexity index is 1060. The SMILES string of the molecule is CCOc1ccc(Cc2cc([C@@H]3O[C@H](CO)[C@@H](O)[C@@H](Sc4ccccc4)[C@H]3O)ccc2Cl)cc1. The van der Waals surface area contributed by atoms with E-state index in [4.69, 9.17) is 21.1 Å². The van der Waals surface area contributed by atoms with Crippen LogP contribution < -0.4 is 4.74 Å². The van der Waals surface area contributed by atoms with Crippen molar-refractivity contribution in [3.8, 4) is 5.75 Å². The van der Waals surface area contributed by atoms with Crippen LogP contribution in [-0.2, 0) is 11.2 Å². The molecule has 5 atom stereocenters. The first-order valence-corrected chi connectivity index (χ1v) is 12.6. The van der Waals surface area contributed by atoms with Crippen LogP contribution in [0.2, 0.25) is 5.02 Å². The van der Waals surface area contributed by atoms with Crippen molar-refractivity contribution < 1.29 is 24.8 Å². The predicted octanol–water partition coefficient (Wildman–Crippen LogP) is 4.64. The van der Waals surface area contributed by atoms with Crippen LogP contribution in [0.3, 0.4) is 0 Å². The van der Waals surface area contributed by atoms with Crippen LogP contribution in [0, 0.1) is 0 Å². The molecule has 3 aromatic carbocycles. The summed E-state index contributed by atoms with van der Waals surface area (Å²) in [6, 6.07) is 23.0. The fourth-order valence-corrected chi connectivity index (χ4v) is 5.56. The number of halogens is 1. The summed E-state index contributed by atoms with van der Waals surface area (Å²) in [7, 11) is 0. The zero-order chi connectivity index (χ0) is 24.1. The minimum atomic E-state index is -1.02. The normalized spacial score (nSPS) is 24.7. The van der Waals surface area contributed by atoms with Gasteiger partial charge in [0.1, 0.15) is 18.0 Å². The number of rotatable bonds is 8. The van der Waals surface area contributed by atoms with E-state index in [-0.39, 0.29) is 6.61 Å². The largest absolute Gasteiger partial charge is 0.494 e. The first-order chi connectivity index (χ1) is 16.5. The van der Waals surface area contributed by atoms with Crippen LogP contribution in [0.4, 0.5) is 0 Å². The summed E-state index contributed by atoms with van der Waals surface area (Å²) >= 11 is 7.89. The van der Waals surface area contributed by atoms with E-state index in [0.717, 1.165) is 27.3 Å². The van der Waals surface area contributed by atoms with E-state index in [1.807, 2.05) is 73.7 Å². The molecule has 0 unspecified atom stereocenters. The van der Waals surface area contributed by atoms with Gasteiger partial charge >= 0.3 is 0 Å². The minimum Gasteiger partial charge on any atom is -0.494 e. The molecule has 3 N–H and O–H groups in total. The van der Waals surface area contributed by atoms with Crippen LogP contribution in [0.15, 0.2) is 77.7 Å². The van der Waals surface area contributed by atoms with E-state index in [0.29, 0.717) is 18.1 Å². The van der Waals surface area contributed by atoms with Crippen LogP contribution >= 0.6 is 23.4 Å². The molecule has 1 aliphatic heterocycles. The Labute approximate surface area is 209 Å². The third-order valence-corrected chi connectivity index (χ3v) is 7.65. The van der Waals surface area contributed by atoms with E-state index in [9.17, 15) is 15.3 Å². The van der Waals surface area contributed by atoms with Gasteiger partial charge in [0.2, 0.25) is 0 Å². The lowest BCUT2D eigenvalue weighted by Crippen LogP contribution is -2.53. The second-order valence-corrected chi connectivity index (χ2v) is 9.92. The summed E-state index contributed by atoms with van der Waals surface area (Å²) in [5.74, 6) is 0.820. The quantitative estimate of drug-likeness (QED) is 0.418. The Balaban J connectivity index is 1.58. The summed E-state index contributed by atoms with van der Waals surface area (Å²) in [4.78, 5) is 0.926. The average molecular weight is 501 g/mol. The molecule has 180 valence electrons. The molecule has 1 aliphatic rings. The highest BCUT2D eigenvalue weighted by molar-refractivity contribution is 8.00. The van der Waals surface area contributed by atoms with E-state index < -0.39 is 29.7 Å². The maximum Gasteiger partial charge on any atom is 0.119 e. The van der Waals surface area contributed by atoms with E-state index in [1.54, 1.807) is 6.07 Å². The Morgan fingerprint density at radius 3 is 2.38 bits per heavy atom. The number of thioether (sulfide) groups is 1. The molecule has 1 fully saturated rings. The van der Waals surface area contributed by atoms with Crippen molar-refractivity contribution in [2.45, 2.75) is 47.9 Å². The summed E-state index contributed by atoms with van der Waals surface area (Å²) in [5.41, 5.74) is 2.73. The third kappa shape index (κ3) is 5.77. The van der Waals surface area contributed by atoms with Gasteiger partial charge in [-0.15, -0.1) is 11.8 Å². The highest BCUT2D eigenvalue weighted by Crippen LogP contribution is 2.41. The Kier molecular flexibility index (Phi) is 8.53. The lowest BCUT2D eigenvalue weighted by atomic mass is 9.91. The fourth-order valence-electron chi connectivity index (χ4n) is 4.15. The molecule has 3 aromatic rings. The standard InChI is InChI=1S/C27H29ClO5S/c1-2-32-20-11-8-17(9-12-20)14-19-15-18(10-13-22(19)28)26-25(31)27(24(30)23(16-29)33-26)34-21-6-4-3-5-7-21/h3-13,15,23-27,29-31H,2,14,16H2,1H3/t23-,24-,25+,26+,27-/m1/s1. The Hall–Kier alpha value is -2.06. The number of ether oxygens (including phenoxy) is 2.